The monoisotopic (exact) mass is 426 g/mol. The Balaban J connectivity index is 0.00000300. The summed E-state index contributed by atoms with van der Waals surface area (Å²) >= 11 is 0. The first-order chi connectivity index (χ1) is 13.5. The van der Waals surface area contributed by atoms with Gasteiger partial charge in [-0.25, -0.2) is 14.4 Å². The normalized spacial score (nSPS) is 17.3. The van der Waals surface area contributed by atoms with Gasteiger partial charge in [-0.15, -0.1) is 17.9 Å². The molecule has 2 saturated heterocycles. The molecule has 2 heterocycles. The number of ether oxygens (including phenoxy) is 1. The largest absolute Gasteiger partial charge is 0.443 e. The number of nitrogens with one attached hydrogen (secondary N) is 3. The molecule has 4 amide bonds. The van der Waals surface area contributed by atoms with Crippen LogP contribution in [0.3, 0.4) is 0 Å². The smallest absolute Gasteiger partial charge is 0.441 e. The summed E-state index contributed by atoms with van der Waals surface area (Å²) in [6, 6.07) is 8.50. The lowest BCUT2D eigenvalue weighted by molar-refractivity contribution is -0.150. The third-order valence-electron chi connectivity index (χ3n) is 4.70. The standard InChI is InChI=1S/C18H22N4O6.ClH/c23-14(28-21-17(26)27-12-13-4-2-1-3-5-13)6-11-22-15(24)18(20-16(22)25)7-9-19-10-8-18;/h1-5,19H,6-12H2,(H,20,25)(H,21,26);1H. The van der Waals surface area contributed by atoms with Crippen LogP contribution in [0.15, 0.2) is 30.3 Å². The van der Waals surface area contributed by atoms with Gasteiger partial charge in [0.1, 0.15) is 12.1 Å². The van der Waals surface area contributed by atoms with Crippen molar-refractivity contribution < 1.29 is 28.8 Å². The van der Waals surface area contributed by atoms with E-state index < -0.39 is 23.6 Å². The first-order valence-electron chi connectivity index (χ1n) is 9.01. The van der Waals surface area contributed by atoms with E-state index in [1.165, 1.54) is 0 Å². The SMILES string of the molecule is Cl.O=C(CCN1C(=O)NC2(CCNCC2)C1=O)ONC(=O)OCc1ccccc1. The summed E-state index contributed by atoms with van der Waals surface area (Å²) in [6.07, 6.45) is -0.145. The first-order valence-corrected chi connectivity index (χ1v) is 9.01. The number of amides is 4. The lowest BCUT2D eigenvalue weighted by Gasteiger charge is -2.31. The summed E-state index contributed by atoms with van der Waals surface area (Å²) in [4.78, 5) is 53.6. The van der Waals surface area contributed by atoms with Crippen molar-refractivity contribution in [2.45, 2.75) is 31.4 Å². The Morgan fingerprint density at radius 2 is 1.83 bits per heavy atom. The second kappa shape index (κ2) is 10.1. The summed E-state index contributed by atoms with van der Waals surface area (Å²) in [7, 11) is 0. The highest BCUT2D eigenvalue weighted by atomic mass is 35.5. The molecule has 2 aliphatic rings. The molecule has 2 fully saturated rings. The molecule has 0 radical (unpaired) electrons. The molecule has 0 bridgehead atoms. The van der Waals surface area contributed by atoms with E-state index in [2.05, 4.69) is 15.5 Å². The topological polar surface area (TPSA) is 126 Å². The fraction of sp³-hybridized carbons (Fsp3) is 0.444. The second-order valence-electron chi connectivity index (χ2n) is 6.61. The van der Waals surface area contributed by atoms with Crippen LogP contribution in [0.5, 0.6) is 0 Å². The number of nitrogens with zero attached hydrogens (tertiary/aromatic N) is 1. The average Bonchev–Trinajstić information content (AvgIpc) is 2.93. The van der Waals surface area contributed by atoms with Crippen molar-refractivity contribution in [1.82, 2.24) is 21.0 Å². The molecule has 0 atom stereocenters. The number of halogens is 1. The molecule has 0 unspecified atom stereocenters. The van der Waals surface area contributed by atoms with Crippen LogP contribution >= 0.6 is 12.4 Å². The first kappa shape index (κ1) is 22.4. The number of carbonyl (C=O) groups excluding carboxylic acids is 4. The van der Waals surface area contributed by atoms with Gasteiger partial charge in [-0.05, 0) is 31.5 Å². The van der Waals surface area contributed by atoms with Gasteiger partial charge >= 0.3 is 18.1 Å². The predicted octanol–water partition coefficient (Wildman–Crippen LogP) is 0.857. The zero-order chi connectivity index (χ0) is 20.0. The van der Waals surface area contributed by atoms with E-state index in [4.69, 9.17) is 4.74 Å². The Kier molecular flexibility index (Phi) is 7.80. The molecule has 0 saturated carbocycles. The van der Waals surface area contributed by atoms with E-state index in [0.29, 0.717) is 25.9 Å². The van der Waals surface area contributed by atoms with Gasteiger partial charge in [-0.1, -0.05) is 30.3 Å². The number of urea groups is 1. The molecule has 1 aromatic carbocycles. The quantitative estimate of drug-likeness (QED) is 0.470. The Hall–Kier alpha value is -2.85. The summed E-state index contributed by atoms with van der Waals surface area (Å²) in [5, 5.41) is 5.87. The molecule has 0 aliphatic carbocycles. The summed E-state index contributed by atoms with van der Waals surface area (Å²) in [5.41, 5.74) is 1.79. The highest BCUT2D eigenvalue weighted by molar-refractivity contribution is 6.07. The molecule has 3 N–H and O–H groups in total. The van der Waals surface area contributed by atoms with Crippen molar-refractivity contribution in [2.75, 3.05) is 19.6 Å². The van der Waals surface area contributed by atoms with Gasteiger partial charge in [0.05, 0.1) is 6.42 Å². The number of hydrogen-bond donors (Lipinski definition) is 3. The highest BCUT2D eigenvalue weighted by Crippen LogP contribution is 2.26. The maximum Gasteiger partial charge on any atom is 0.441 e. The molecular weight excluding hydrogens is 404 g/mol. The third kappa shape index (κ3) is 5.58. The maximum atomic E-state index is 12.6. The van der Waals surface area contributed by atoms with Gasteiger partial charge in [0.15, 0.2) is 0 Å². The number of benzene rings is 1. The zero-order valence-electron chi connectivity index (χ0n) is 15.6. The Morgan fingerprint density at radius 1 is 1.14 bits per heavy atom. The molecule has 1 aromatic rings. The van der Waals surface area contributed by atoms with Crippen LogP contribution in [0, 0.1) is 0 Å². The minimum absolute atomic E-state index is 0. The summed E-state index contributed by atoms with van der Waals surface area (Å²) in [6.45, 7) is 1.18. The van der Waals surface area contributed by atoms with E-state index in [9.17, 15) is 19.2 Å². The van der Waals surface area contributed by atoms with E-state index in [0.717, 1.165) is 10.5 Å². The minimum Gasteiger partial charge on any atom is -0.443 e. The van der Waals surface area contributed by atoms with Crippen molar-refractivity contribution in [3.8, 4) is 0 Å². The molecule has 158 valence electrons. The molecule has 11 heteroatoms. The Morgan fingerprint density at radius 3 is 2.52 bits per heavy atom. The van der Waals surface area contributed by atoms with Crippen LogP contribution in [0.1, 0.15) is 24.8 Å². The molecule has 10 nitrogen and oxygen atoms in total. The van der Waals surface area contributed by atoms with E-state index in [1.807, 2.05) is 11.5 Å². The van der Waals surface area contributed by atoms with Crippen molar-refractivity contribution in [2.24, 2.45) is 0 Å². The average molecular weight is 427 g/mol. The van der Waals surface area contributed by atoms with Crippen LogP contribution in [0.2, 0.25) is 0 Å². The Labute approximate surface area is 173 Å². The van der Waals surface area contributed by atoms with Crippen molar-refractivity contribution in [3.63, 3.8) is 0 Å². The van der Waals surface area contributed by atoms with Crippen molar-refractivity contribution >= 4 is 36.4 Å². The number of imide groups is 1. The van der Waals surface area contributed by atoms with E-state index in [1.54, 1.807) is 24.3 Å². The number of hydrogen-bond acceptors (Lipinski definition) is 7. The Bertz CT molecular complexity index is 754. The van der Waals surface area contributed by atoms with Crippen LogP contribution in [-0.4, -0.2) is 54.1 Å². The van der Waals surface area contributed by atoms with Gasteiger partial charge in [0.2, 0.25) is 0 Å². The highest BCUT2D eigenvalue weighted by Gasteiger charge is 2.51. The zero-order valence-corrected chi connectivity index (χ0v) is 16.5. The van der Waals surface area contributed by atoms with Gasteiger partial charge in [-0.2, -0.15) is 0 Å². The molecule has 2 aliphatic heterocycles. The number of piperidine rings is 1. The maximum absolute atomic E-state index is 12.6. The summed E-state index contributed by atoms with van der Waals surface area (Å²) < 4.78 is 4.90. The van der Waals surface area contributed by atoms with E-state index >= 15 is 0 Å². The molecular formula is C18H23ClN4O6. The molecule has 1 spiro atoms. The molecule has 29 heavy (non-hydrogen) atoms. The van der Waals surface area contributed by atoms with Crippen molar-refractivity contribution in [3.05, 3.63) is 35.9 Å². The van der Waals surface area contributed by atoms with Gasteiger partial charge in [0, 0.05) is 6.54 Å². The lowest BCUT2D eigenvalue weighted by atomic mass is 9.88. The second-order valence-corrected chi connectivity index (χ2v) is 6.61. The summed E-state index contributed by atoms with van der Waals surface area (Å²) in [5.74, 6) is -1.12. The molecule has 0 aromatic heterocycles. The third-order valence-corrected chi connectivity index (χ3v) is 4.70. The van der Waals surface area contributed by atoms with Crippen LogP contribution in [-0.2, 0) is 25.8 Å². The van der Waals surface area contributed by atoms with Gasteiger partial charge < -0.3 is 20.2 Å². The minimum atomic E-state index is -0.916. The number of carbonyl (C=O) groups is 4. The number of rotatable bonds is 5. The number of hydroxylamine groups is 1. The van der Waals surface area contributed by atoms with Gasteiger partial charge in [-0.3, -0.25) is 9.69 Å². The fourth-order valence-electron chi connectivity index (χ4n) is 3.18. The van der Waals surface area contributed by atoms with Crippen LogP contribution in [0.4, 0.5) is 9.59 Å². The van der Waals surface area contributed by atoms with Crippen molar-refractivity contribution in [1.29, 1.82) is 0 Å². The van der Waals surface area contributed by atoms with E-state index in [-0.39, 0.29) is 37.9 Å². The predicted molar refractivity (Wildman–Crippen MR) is 103 cm³/mol. The van der Waals surface area contributed by atoms with Crippen LogP contribution in [0.25, 0.3) is 0 Å². The van der Waals surface area contributed by atoms with Crippen LogP contribution < -0.4 is 16.1 Å². The molecule has 3 rings (SSSR count). The fourth-order valence-corrected chi connectivity index (χ4v) is 3.18. The van der Waals surface area contributed by atoms with Gasteiger partial charge in [0.25, 0.3) is 5.91 Å². The lowest BCUT2D eigenvalue weighted by Crippen LogP contribution is -2.53.